The lowest BCUT2D eigenvalue weighted by Crippen LogP contribution is -2.30. The smallest absolute Gasteiger partial charge is 0.412 e. The normalized spacial score (nSPS) is 13.4. The van der Waals surface area contributed by atoms with Gasteiger partial charge in [-0.2, -0.15) is 12.6 Å². The number of thiol groups is 1. The number of ether oxygens (including phenoxy) is 4. The number of hydrogen-bond acceptors (Lipinski definition) is 8. The Morgan fingerprint density at radius 2 is 1.87 bits per heavy atom. The zero-order valence-electron chi connectivity index (χ0n) is 17.3. The Bertz CT molecular complexity index is 930. The maximum atomic E-state index is 12.7. The number of esters is 1. The van der Waals surface area contributed by atoms with Crippen molar-refractivity contribution in [2.75, 3.05) is 24.5 Å². The Morgan fingerprint density at radius 3 is 2.58 bits per heavy atom. The van der Waals surface area contributed by atoms with Crippen molar-refractivity contribution in [3.8, 4) is 17.2 Å². The molecule has 0 spiro atoms. The molecule has 0 saturated heterocycles. The lowest BCUT2D eigenvalue weighted by molar-refractivity contribution is -0.141. The van der Waals surface area contributed by atoms with Crippen LogP contribution in [0.1, 0.15) is 31.9 Å². The van der Waals surface area contributed by atoms with Crippen LogP contribution in [-0.2, 0) is 14.3 Å². The first-order chi connectivity index (χ1) is 14.8. The number of benzene rings is 2. The third-order valence-corrected chi connectivity index (χ3v) is 5.15. The molecule has 1 amide bonds. The van der Waals surface area contributed by atoms with Crippen molar-refractivity contribution >= 4 is 30.4 Å². The van der Waals surface area contributed by atoms with E-state index < -0.39 is 23.6 Å². The average molecular weight is 448 g/mol. The minimum atomic E-state index is -0.670. The monoisotopic (exact) mass is 447 g/mol. The van der Waals surface area contributed by atoms with Crippen LogP contribution in [0.4, 0.5) is 10.5 Å². The van der Waals surface area contributed by atoms with Gasteiger partial charge in [-0.3, -0.25) is 10.1 Å². The molecule has 2 aromatic carbocycles. The van der Waals surface area contributed by atoms with Gasteiger partial charge in [-0.15, -0.1) is 0 Å². The number of aromatic hydroxyl groups is 1. The lowest BCUT2D eigenvalue weighted by atomic mass is 9.80. The number of carbonyl (C=O) groups excluding carboxylic acids is 2. The van der Waals surface area contributed by atoms with Crippen LogP contribution < -0.4 is 14.8 Å². The van der Waals surface area contributed by atoms with Gasteiger partial charge in [-0.25, -0.2) is 4.79 Å². The van der Waals surface area contributed by atoms with E-state index >= 15 is 0 Å². The Morgan fingerprint density at radius 1 is 1.16 bits per heavy atom. The van der Waals surface area contributed by atoms with Crippen LogP contribution in [0.2, 0.25) is 0 Å². The van der Waals surface area contributed by atoms with Gasteiger partial charge in [-0.1, -0.05) is 26.0 Å². The number of carbonyl (C=O) groups is 2. The standard InChI is InChI=1S/C22H25NO7S/c1-22(2,9-10-27-19(25)12-31)20(14-3-6-16(24)7-4-14)30-21(26)23-15-5-8-17-18(11-15)29-13-28-17/h3-8,11,20,24,31H,9-10,12-13H2,1-2H3,(H,23,26)/t20-/m0/s1. The molecule has 1 aliphatic heterocycles. The molecule has 9 heteroatoms. The van der Waals surface area contributed by atoms with Crippen LogP contribution in [0, 0.1) is 5.41 Å². The quantitative estimate of drug-likeness (QED) is 0.409. The van der Waals surface area contributed by atoms with E-state index in [2.05, 4.69) is 17.9 Å². The fourth-order valence-corrected chi connectivity index (χ4v) is 3.25. The summed E-state index contributed by atoms with van der Waals surface area (Å²) in [4.78, 5) is 24.1. The maximum absolute atomic E-state index is 12.7. The summed E-state index contributed by atoms with van der Waals surface area (Å²) < 4.78 is 21.5. The molecule has 1 heterocycles. The Balaban J connectivity index is 1.73. The number of phenolic OH excluding ortho intramolecular Hbond substituents is 1. The van der Waals surface area contributed by atoms with E-state index in [4.69, 9.17) is 18.9 Å². The number of phenols is 1. The molecule has 8 nitrogen and oxygen atoms in total. The molecule has 2 aromatic rings. The molecule has 1 atom stereocenters. The highest BCUT2D eigenvalue weighted by atomic mass is 32.1. The first-order valence-electron chi connectivity index (χ1n) is 9.71. The van der Waals surface area contributed by atoms with Crippen molar-refractivity contribution in [2.45, 2.75) is 26.4 Å². The molecule has 0 aliphatic carbocycles. The summed E-state index contributed by atoms with van der Waals surface area (Å²) in [5.74, 6) is 0.836. The van der Waals surface area contributed by atoms with E-state index in [9.17, 15) is 14.7 Å². The molecule has 0 unspecified atom stereocenters. The third-order valence-electron chi connectivity index (χ3n) is 4.89. The zero-order valence-corrected chi connectivity index (χ0v) is 18.2. The van der Waals surface area contributed by atoms with Crippen LogP contribution in [0.25, 0.3) is 0 Å². The second-order valence-corrected chi connectivity index (χ2v) is 8.00. The van der Waals surface area contributed by atoms with Crippen LogP contribution in [-0.4, -0.2) is 36.3 Å². The highest BCUT2D eigenvalue weighted by Gasteiger charge is 2.34. The third kappa shape index (κ3) is 5.97. The number of hydrogen-bond donors (Lipinski definition) is 3. The summed E-state index contributed by atoms with van der Waals surface area (Å²) in [6.45, 7) is 4.12. The van der Waals surface area contributed by atoms with Crippen molar-refractivity contribution in [1.82, 2.24) is 0 Å². The van der Waals surface area contributed by atoms with Gasteiger partial charge >= 0.3 is 12.1 Å². The van der Waals surface area contributed by atoms with Crippen LogP contribution >= 0.6 is 12.6 Å². The van der Waals surface area contributed by atoms with Gasteiger partial charge < -0.3 is 24.1 Å². The SMILES string of the molecule is CC(C)(CCOC(=O)CS)[C@@H](OC(=O)Nc1ccc2c(c1)OCO2)c1ccc(O)cc1. The predicted molar refractivity (Wildman–Crippen MR) is 117 cm³/mol. The Hall–Kier alpha value is -3.07. The van der Waals surface area contributed by atoms with Crippen molar-refractivity contribution in [1.29, 1.82) is 0 Å². The molecule has 0 bridgehead atoms. The fraction of sp³-hybridized carbons (Fsp3) is 0.364. The van der Waals surface area contributed by atoms with E-state index in [1.807, 2.05) is 13.8 Å². The highest BCUT2D eigenvalue weighted by molar-refractivity contribution is 7.81. The van der Waals surface area contributed by atoms with Gasteiger partial charge in [-0.05, 0) is 36.2 Å². The van der Waals surface area contributed by atoms with Crippen LogP contribution in [0.5, 0.6) is 17.2 Å². The second-order valence-electron chi connectivity index (χ2n) is 7.69. The molecule has 2 N–H and O–H groups in total. The van der Waals surface area contributed by atoms with Gasteiger partial charge in [0.1, 0.15) is 11.9 Å². The summed E-state index contributed by atoms with van der Waals surface area (Å²) in [7, 11) is 0. The van der Waals surface area contributed by atoms with Gasteiger partial charge in [0, 0.05) is 17.2 Å². The number of nitrogens with one attached hydrogen (secondary N) is 1. The van der Waals surface area contributed by atoms with Gasteiger partial charge in [0.15, 0.2) is 11.5 Å². The van der Waals surface area contributed by atoms with Gasteiger partial charge in [0.05, 0.1) is 12.4 Å². The van der Waals surface area contributed by atoms with Crippen molar-refractivity contribution in [2.24, 2.45) is 5.41 Å². The van der Waals surface area contributed by atoms with Crippen molar-refractivity contribution < 1.29 is 33.6 Å². The lowest BCUT2D eigenvalue weighted by Gasteiger charge is -2.34. The van der Waals surface area contributed by atoms with Crippen LogP contribution in [0.15, 0.2) is 42.5 Å². The zero-order chi connectivity index (χ0) is 22.4. The second kappa shape index (κ2) is 9.82. The summed E-state index contributed by atoms with van der Waals surface area (Å²) in [6.07, 6.45) is -0.885. The van der Waals surface area contributed by atoms with Gasteiger partial charge in [0.2, 0.25) is 6.79 Å². The molecule has 166 valence electrons. The predicted octanol–water partition coefficient (Wildman–Crippen LogP) is 4.30. The maximum Gasteiger partial charge on any atom is 0.412 e. The topological polar surface area (TPSA) is 103 Å². The first kappa shape index (κ1) is 22.6. The molecule has 3 rings (SSSR count). The molecule has 0 aromatic heterocycles. The number of amides is 1. The Labute approximate surface area is 185 Å². The summed E-state index contributed by atoms with van der Waals surface area (Å²) in [5, 5.41) is 12.3. The van der Waals surface area contributed by atoms with Crippen LogP contribution in [0.3, 0.4) is 0 Å². The van der Waals surface area contributed by atoms with E-state index in [0.717, 1.165) is 0 Å². The number of rotatable bonds is 8. The summed E-state index contributed by atoms with van der Waals surface area (Å²) >= 11 is 3.89. The van der Waals surface area contributed by atoms with E-state index in [-0.39, 0.29) is 24.9 Å². The Kier molecular flexibility index (Phi) is 7.17. The van der Waals surface area contributed by atoms with E-state index in [0.29, 0.717) is 29.2 Å². The molecular weight excluding hydrogens is 422 g/mol. The van der Waals surface area contributed by atoms with Gasteiger partial charge in [0.25, 0.3) is 0 Å². The average Bonchev–Trinajstić information content (AvgIpc) is 3.20. The van der Waals surface area contributed by atoms with Crippen molar-refractivity contribution in [3.63, 3.8) is 0 Å². The number of fused-ring (bicyclic) bond motifs is 1. The summed E-state index contributed by atoms with van der Waals surface area (Å²) in [6, 6.07) is 11.5. The molecule has 31 heavy (non-hydrogen) atoms. The minimum absolute atomic E-state index is 0.00371. The first-order valence-corrected chi connectivity index (χ1v) is 10.3. The summed E-state index contributed by atoms with van der Waals surface area (Å²) in [5.41, 5.74) is 0.614. The number of anilines is 1. The molecule has 0 saturated carbocycles. The minimum Gasteiger partial charge on any atom is -0.508 e. The fourth-order valence-electron chi connectivity index (χ4n) is 3.16. The largest absolute Gasteiger partial charge is 0.508 e. The van der Waals surface area contributed by atoms with E-state index in [1.54, 1.807) is 30.3 Å². The molecule has 0 fully saturated rings. The highest BCUT2D eigenvalue weighted by Crippen LogP contribution is 2.40. The molecular formula is C22H25NO7S. The molecule has 1 aliphatic rings. The molecule has 0 radical (unpaired) electrons. The van der Waals surface area contributed by atoms with E-state index in [1.165, 1.54) is 12.1 Å². The van der Waals surface area contributed by atoms with Crippen molar-refractivity contribution in [3.05, 3.63) is 48.0 Å².